The van der Waals surface area contributed by atoms with Gasteiger partial charge in [-0.25, -0.2) is 0 Å². The number of hydrogen-bond donors (Lipinski definition) is 1. The van der Waals surface area contributed by atoms with Crippen molar-refractivity contribution in [3.8, 4) is 11.3 Å². The highest BCUT2D eigenvalue weighted by Crippen LogP contribution is 2.17. The molecule has 0 aliphatic rings. The lowest BCUT2D eigenvalue weighted by Gasteiger charge is -2.02. The van der Waals surface area contributed by atoms with Gasteiger partial charge in [-0.1, -0.05) is 0 Å². The van der Waals surface area contributed by atoms with Crippen molar-refractivity contribution in [3.63, 3.8) is 0 Å². The topological polar surface area (TPSA) is 58.6 Å². The van der Waals surface area contributed by atoms with Gasteiger partial charge in [0.1, 0.15) is 0 Å². The van der Waals surface area contributed by atoms with Crippen LogP contribution in [0.2, 0.25) is 0 Å². The van der Waals surface area contributed by atoms with Crippen LogP contribution in [-0.4, -0.2) is 15.0 Å². The number of H-pyrrole nitrogens is 1. The third-order valence-electron chi connectivity index (χ3n) is 1.98. The van der Waals surface area contributed by atoms with Crippen molar-refractivity contribution < 1.29 is 0 Å². The van der Waals surface area contributed by atoms with Gasteiger partial charge in [0, 0.05) is 18.0 Å². The Labute approximate surface area is 80.7 Å². The minimum atomic E-state index is -0.203. The van der Waals surface area contributed by atoms with E-state index in [0.29, 0.717) is 5.69 Å². The summed E-state index contributed by atoms with van der Waals surface area (Å²) in [6.07, 6.45) is 6.29. The molecule has 0 spiro atoms. The lowest BCUT2D eigenvalue weighted by atomic mass is 10.1. The Balaban J connectivity index is 2.61. The Kier molecular flexibility index (Phi) is 2.10. The normalized spacial score (nSPS) is 10.1. The number of nitrogens with one attached hydrogen (secondary N) is 1. The monoisotopic (exact) mass is 187 g/mol. The second-order valence-electron chi connectivity index (χ2n) is 3.00. The molecular weight excluding hydrogens is 178 g/mol. The van der Waals surface area contributed by atoms with Gasteiger partial charge in [0.2, 0.25) is 0 Å². The molecule has 2 rings (SSSR count). The molecule has 0 saturated carbocycles. The van der Waals surface area contributed by atoms with E-state index in [1.54, 1.807) is 18.6 Å². The van der Waals surface area contributed by atoms with Crippen molar-refractivity contribution >= 4 is 0 Å². The summed E-state index contributed by atoms with van der Waals surface area (Å²) in [5, 5.41) is 0. The zero-order valence-electron chi connectivity index (χ0n) is 7.69. The maximum Gasteiger partial charge on any atom is 0.266 e. The molecule has 0 amide bonds. The van der Waals surface area contributed by atoms with Crippen molar-refractivity contribution in [1.29, 1.82) is 0 Å². The van der Waals surface area contributed by atoms with E-state index >= 15 is 0 Å². The number of pyridine rings is 1. The smallest absolute Gasteiger partial charge is 0.266 e. The minimum Gasteiger partial charge on any atom is -0.319 e. The highest BCUT2D eigenvalue weighted by atomic mass is 16.1. The van der Waals surface area contributed by atoms with Gasteiger partial charge in [-0.05, 0) is 18.6 Å². The summed E-state index contributed by atoms with van der Waals surface area (Å²) in [6.45, 7) is 1.96. The second kappa shape index (κ2) is 3.41. The average Bonchev–Trinajstić information content (AvgIpc) is 2.18. The first kappa shape index (κ1) is 8.62. The molecular formula is C10H9N3O. The minimum absolute atomic E-state index is 0.203. The zero-order chi connectivity index (χ0) is 9.97. The molecule has 1 N–H and O–H groups in total. The number of aryl methyl sites for hydroxylation is 1. The summed E-state index contributed by atoms with van der Waals surface area (Å²) >= 11 is 0. The van der Waals surface area contributed by atoms with Crippen LogP contribution in [0, 0.1) is 6.92 Å². The summed E-state index contributed by atoms with van der Waals surface area (Å²) in [5.41, 5.74) is 2.45. The molecule has 2 heterocycles. The average molecular weight is 187 g/mol. The maximum atomic E-state index is 11.0. The quantitative estimate of drug-likeness (QED) is 0.728. The number of hydrogen-bond acceptors (Lipinski definition) is 3. The molecule has 0 atom stereocenters. The van der Waals surface area contributed by atoms with E-state index in [0.717, 1.165) is 11.1 Å². The Morgan fingerprint density at radius 3 is 2.79 bits per heavy atom. The number of rotatable bonds is 1. The number of nitrogens with zero attached hydrogens (tertiary/aromatic N) is 2. The highest BCUT2D eigenvalue weighted by Gasteiger charge is 2.01. The Morgan fingerprint density at radius 2 is 2.07 bits per heavy atom. The van der Waals surface area contributed by atoms with Gasteiger partial charge >= 0.3 is 0 Å². The third-order valence-corrected chi connectivity index (χ3v) is 1.98. The zero-order valence-corrected chi connectivity index (χ0v) is 7.69. The summed E-state index contributed by atoms with van der Waals surface area (Å²) in [5.74, 6) is 0. The Morgan fingerprint density at radius 1 is 1.21 bits per heavy atom. The van der Waals surface area contributed by atoms with Crippen LogP contribution < -0.4 is 5.56 Å². The van der Waals surface area contributed by atoms with E-state index in [4.69, 9.17) is 0 Å². The molecule has 2 aromatic heterocycles. The van der Waals surface area contributed by atoms with Gasteiger partial charge in [-0.2, -0.15) is 0 Å². The molecule has 70 valence electrons. The van der Waals surface area contributed by atoms with E-state index in [-0.39, 0.29) is 5.56 Å². The fraction of sp³-hybridized carbons (Fsp3) is 0.100. The predicted molar refractivity (Wildman–Crippen MR) is 52.8 cm³/mol. The van der Waals surface area contributed by atoms with Crippen molar-refractivity contribution in [2.24, 2.45) is 0 Å². The molecule has 0 aromatic carbocycles. The lowest BCUT2D eigenvalue weighted by Crippen LogP contribution is -2.06. The fourth-order valence-corrected chi connectivity index (χ4v) is 1.26. The predicted octanol–water partition coefficient (Wildman–Crippen LogP) is 1.14. The molecule has 0 aliphatic heterocycles. The first-order valence-electron chi connectivity index (χ1n) is 4.22. The van der Waals surface area contributed by atoms with Crippen LogP contribution >= 0.6 is 0 Å². The number of aromatic nitrogens is 3. The molecule has 4 nitrogen and oxygen atoms in total. The maximum absolute atomic E-state index is 11.0. The first-order chi connectivity index (χ1) is 6.77. The van der Waals surface area contributed by atoms with Crippen molar-refractivity contribution in [1.82, 2.24) is 15.0 Å². The molecule has 0 fully saturated rings. The summed E-state index contributed by atoms with van der Waals surface area (Å²) in [6, 6.07) is 1.89. The van der Waals surface area contributed by atoms with E-state index in [2.05, 4.69) is 15.0 Å². The fourth-order valence-electron chi connectivity index (χ4n) is 1.26. The standard InChI is InChI=1S/C10H9N3O/c1-7-2-3-11-4-8(7)9-5-12-6-10(14)13-9/h2-6H,1H3,(H,13,14). The van der Waals surface area contributed by atoms with Crippen LogP contribution in [0.15, 0.2) is 35.6 Å². The van der Waals surface area contributed by atoms with Gasteiger partial charge < -0.3 is 4.98 Å². The van der Waals surface area contributed by atoms with Crippen LogP contribution in [0.1, 0.15) is 5.56 Å². The highest BCUT2D eigenvalue weighted by molar-refractivity contribution is 5.60. The largest absolute Gasteiger partial charge is 0.319 e. The van der Waals surface area contributed by atoms with E-state index < -0.39 is 0 Å². The molecule has 0 radical (unpaired) electrons. The molecule has 0 unspecified atom stereocenters. The second-order valence-corrected chi connectivity index (χ2v) is 3.00. The van der Waals surface area contributed by atoms with E-state index in [9.17, 15) is 4.79 Å². The van der Waals surface area contributed by atoms with E-state index in [1.165, 1.54) is 6.20 Å². The van der Waals surface area contributed by atoms with Gasteiger partial charge in [0.05, 0.1) is 18.1 Å². The van der Waals surface area contributed by atoms with Crippen LogP contribution in [0.4, 0.5) is 0 Å². The van der Waals surface area contributed by atoms with Crippen LogP contribution in [-0.2, 0) is 0 Å². The third kappa shape index (κ3) is 1.54. The van der Waals surface area contributed by atoms with E-state index in [1.807, 2.05) is 13.0 Å². The van der Waals surface area contributed by atoms with Crippen LogP contribution in [0.25, 0.3) is 11.3 Å². The lowest BCUT2D eigenvalue weighted by molar-refractivity contribution is 1.13. The van der Waals surface area contributed by atoms with Gasteiger partial charge in [0.25, 0.3) is 5.56 Å². The SMILES string of the molecule is Cc1ccncc1-c1cncc(=O)[nH]1. The summed E-state index contributed by atoms with van der Waals surface area (Å²) in [7, 11) is 0. The molecule has 2 aromatic rings. The van der Waals surface area contributed by atoms with Gasteiger partial charge in [-0.3, -0.25) is 14.8 Å². The van der Waals surface area contributed by atoms with Crippen LogP contribution in [0.3, 0.4) is 0 Å². The number of aromatic amines is 1. The van der Waals surface area contributed by atoms with Crippen molar-refractivity contribution in [2.45, 2.75) is 6.92 Å². The molecule has 0 saturated heterocycles. The van der Waals surface area contributed by atoms with Crippen molar-refractivity contribution in [3.05, 3.63) is 46.8 Å². The van der Waals surface area contributed by atoms with Crippen molar-refractivity contribution in [2.75, 3.05) is 0 Å². The first-order valence-corrected chi connectivity index (χ1v) is 4.22. The molecule has 0 bridgehead atoms. The van der Waals surface area contributed by atoms with Gasteiger partial charge in [0.15, 0.2) is 0 Å². The Bertz CT molecular complexity index is 504. The molecule has 14 heavy (non-hydrogen) atoms. The summed E-state index contributed by atoms with van der Waals surface area (Å²) in [4.78, 5) is 21.6. The summed E-state index contributed by atoms with van der Waals surface area (Å²) < 4.78 is 0. The molecule has 4 heteroatoms. The Hall–Kier alpha value is -1.97. The molecule has 0 aliphatic carbocycles. The van der Waals surface area contributed by atoms with Crippen LogP contribution in [0.5, 0.6) is 0 Å². The van der Waals surface area contributed by atoms with Gasteiger partial charge in [-0.15, -0.1) is 0 Å².